The largest absolute Gasteiger partial charge is 0.455 e. The molecule has 12 heteroatoms. The third kappa shape index (κ3) is 4.93. The lowest BCUT2D eigenvalue weighted by Gasteiger charge is -2.19. The molecule has 5 rings (SSSR count). The van der Waals surface area contributed by atoms with E-state index in [-0.39, 0.29) is 28.3 Å². The Balaban J connectivity index is 1.76. The number of aromatic amines is 1. The van der Waals surface area contributed by atoms with E-state index in [2.05, 4.69) is 26.5 Å². The van der Waals surface area contributed by atoms with E-state index in [1.54, 1.807) is 56.7 Å². The number of anilines is 1. The van der Waals surface area contributed by atoms with Gasteiger partial charge >= 0.3 is 0 Å². The van der Waals surface area contributed by atoms with Crippen molar-refractivity contribution in [2.45, 2.75) is 27.7 Å². The number of ether oxygens (including phenoxy) is 1. The first-order chi connectivity index (χ1) is 18.5. The second-order valence-corrected chi connectivity index (χ2v) is 10.7. The molecule has 2 aromatic carbocycles. The number of H-pyrrole nitrogens is 1. The van der Waals surface area contributed by atoms with Crippen molar-refractivity contribution in [3.63, 3.8) is 0 Å². The summed E-state index contributed by atoms with van der Waals surface area (Å²) in [4.78, 5) is 16.1. The second-order valence-electron chi connectivity index (χ2n) is 9.05. The number of aromatic nitrogens is 4. The maximum atomic E-state index is 14.0. The predicted octanol–water partition coefficient (Wildman–Crippen LogP) is 5.42. The van der Waals surface area contributed by atoms with E-state index in [0.29, 0.717) is 51.0 Å². The van der Waals surface area contributed by atoms with Gasteiger partial charge in [-0.3, -0.25) is 9.52 Å². The van der Waals surface area contributed by atoms with E-state index in [1.807, 2.05) is 0 Å². The first-order valence-electron chi connectivity index (χ1n) is 11.8. The molecule has 0 fully saturated rings. The van der Waals surface area contributed by atoms with Crippen LogP contribution in [0.3, 0.4) is 0 Å². The van der Waals surface area contributed by atoms with Crippen LogP contribution < -0.4 is 14.9 Å². The minimum Gasteiger partial charge on any atom is -0.455 e. The number of halogens is 1. The molecule has 0 aliphatic rings. The molecule has 0 aliphatic heterocycles. The van der Waals surface area contributed by atoms with Crippen LogP contribution in [0, 0.1) is 33.5 Å². The summed E-state index contributed by atoms with van der Waals surface area (Å²) >= 11 is 0. The molecule has 3 heterocycles. The SMILES string of the molecule is C=CS(=O)(=O)Nc1ccc(Oc2c(C)cc(F)cc2C)c(-n2cc(C)c(=O)c3[nH]c(-c4nnc(C)o4)cc32)c1. The fourth-order valence-electron chi connectivity index (χ4n) is 4.28. The highest BCUT2D eigenvalue weighted by molar-refractivity contribution is 7.95. The summed E-state index contributed by atoms with van der Waals surface area (Å²) in [5.41, 5.74) is 3.13. The van der Waals surface area contributed by atoms with Crippen LogP contribution >= 0.6 is 0 Å². The van der Waals surface area contributed by atoms with Gasteiger partial charge < -0.3 is 18.7 Å². The molecular formula is C27H24FN5O5S. The third-order valence-electron chi connectivity index (χ3n) is 6.06. The normalized spacial score (nSPS) is 11.6. The van der Waals surface area contributed by atoms with Crippen molar-refractivity contribution < 1.29 is 22.0 Å². The van der Waals surface area contributed by atoms with Crippen LogP contribution in [-0.4, -0.2) is 28.2 Å². The van der Waals surface area contributed by atoms with E-state index >= 15 is 0 Å². The molecule has 0 unspecified atom stereocenters. The number of rotatable bonds is 7. The molecule has 0 atom stereocenters. The van der Waals surface area contributed by atoms with Gasteiger partial charge in [-0.25, -0.2) is 12.8 Å². The van der Waals surface area contributed by atoms with Gasteiger partial charge in [0, 0.05) is 24.1 Å². The minimum atomic E-state index is -3.81. The lowest BCUT2D eigenvalue weighted by Crippen LogP contribution is -2.12. The highest BCUT2D eigenvalue weighted by atomic mass is 32.2. The Morgan fingerprint density at radius 1 is 1.08 bits per heavy atom. The Bertz CT molecular complexity index is 1910. The minimum absolute atomic E-state index is 0.203. The number of benzene rings is 2. The number of sulfonamides is 1. The summed E-state index contributed by atoms with van der Waals surface area (Å²) in [6.45, 7) is 10.1. The van der Waals surface area contributed by atoms with Crippen LogP contribution in [0.1, 0.15) is 22.6 Å². The standard InChI is InChI=1S/C27H24FN5O5S/c1-6-39(35,36)32-19-7-8-23(38-26-14(2)9-18(28)10-15(26)3)21(11-19)33-13-16(4)25(34)24-22(33)12-20(29-24)27-31-30-17(5)37-27/h6-13,29,32H,1H2,2-5H3. The van der Waals surface area contributed by atoms with Crippen LogP contribution in [0.5, 0.6) is 11.5 Å². The van der Waals surface area contributed by atoms with Crippen molar-refractivity contribution in [3.05, 3.63) is 93.2 Å². The summed E-state index contributed by atoms with van der Waals surface area (Å²) in [7, 11) is -3.81. The summed E-state index contributed by atoms with van der Waals surface area (Å²) in [5.74, 6) is 0.949. The predicted molar refractivity (Wildman–Crippen MR) is 145 cm³/mol. The van der Waals surface area contributed by atoms with Crippen LogP contribution in [0.25, 0.3) is 28.3 Å². The lowest BCUT2D eigenvalue weighted by molar-refractivity contribution is 0.470. The van der Waals surface area contributed by atoms with E-state index in [0.717, 1.165) is 5.41 Å². The molecule has 3 aromatic heterocycles. The monoisotopic (exact) mass is 549 g/mol. The summed E-state index contributed by atoms with van der Waals surface area (Å²) in [5, 5.41) is 8.68. The number of fused-ring (bicyclic) bond motifs is 1. The molecule has 10 nitrogen and oxygen atoms in total. The van der Waals surface area contributed by atoms with Crippen LogP contribution in [0.4, 0.5) is 10.1 Å². The first-order valence-corrected chi connectivity index (χ1v) is 13.3. The van der Waals surface area contributed by atoms with Gasteiger partial charge in [-0.15, -0.1) is 10.2 Å². The van der Waals surface area contributed by atoms with Gasteiger partial charge in [-0.05, 0) is 68.3 Å². The van der Waals surface area contributed by atoms with Gasteiger partial charge in [0.25, 0.3) is 15.9 Å². The molecule has 0 bridgehead atoms. The van der Waals surface area contributed by atoms with Gasteiger partial charge in [0.1, 0.15) is 22.8 Å². The second kappa shape index (κ2) is 9.55. The average molecular weight is 550 g/mol. The van der Waals surface area contributed by atoms with Gasteiger partial charge in [-0.1, -0.05) is 6.58 Å². The molecule has 200 valence electrons. The zero-order valence-corrected chi connectivity index (χ0v) is 22.3. The Kier molecular flexibility index (Phi) is 6.35. The van der Waals surface area contributed by atoms with Crippen molar-refractivity contribution in [1.82, 2.24) is 19.7 Å². The van der Waals surface area contributed by atoms with E-state index in [1.165, 1.54) is 18.2 Å². The van der Waals surface area contributed by atoms with E-state index in [4.69, 9.17) is 9.15 Å². The number of aryl methyl sites for hydroxylation is 4. The summed E-state index contributed by atoms with van der Waals surface area (Å²) < 4.78 is 54.3. The third-order valence-corrected chi connectivity index (χ3v) is 7.01. The van der Waals surface area contributed by atoms with Gasteiger partial charge in [-0.2, -0.15) is 0 Å². The zero-order valence-electron chi connectivity index (χ0n) is 21.5. The van der Waals surface area contributed by atoms with Crippen LogP contribution in [0.2, 0.25) is 0 Å². The molecule has 5 aromatic rings. The maximum absolute atomic E-state index is 14.0. The molecule has 0 amide bonds. The number of hydrogen-bond acceptors (Lipinski definition) is 7. The van der Waals surface area contributed by atoms with E-state index < -0.39 is 10.0 Å². The van der Waals surface area contributed by atoms with Crippen molar-refractivity contribution >= 4 is 26.7 Å². The molecule has 0 spiro atoms. The van der Waals surface area contributed by atoms with Gasteiger partial charge in [0.2, 0.25) is 11.3 Å². The van der Waals surface area contributed by atoms with Crippen molar-refractivity contribution in [3.8, 4) is 28.8 Å². The molecule has 39 heavy (non-hydrogen) atoms. The molecule has 2 N–H and O–H groups in total. The smallest absolute Gasteiger partial charge is 0.264 e. The molecule has 0 saturated carbocycles. The maximum Gasteiger partial charge on any atom is 0.264 e. The van der Waals surface area contributed by atoms with Gasteiger partial charge in [0.05, 0.1) is 16.9 Å². The number of pyridine rings is 1. The lowest BCUT2D eigenvalue weighted by atomic mass is 10.1. The van der Waals surface area contributed by atoms with Crippen LogP contribution in [0.15, 0.2) is 63.8 Å². The highest BCUT2D eigenvalue weighted by Crippen LogP contribution is 2.36. The highest BCUT2D eigenvalue weighted by Gasteiger charge is 2.20. The van der Waals surface area contributed by atoms with Crippen molar-refractivity contribution in [1.29, 1.82) is 0 Å². The van der Waals surface area contributed by atoms with Crippen molar-refractivity contribution in [2.75, 3.05) is 4.72 Å². The van der Waals surface area contributed by atoms with Crippen molar-refractivity contribution in [2.24, 2.45) is 0 Å². The quantitative estimate of drug-likeness (QED) is 0.277. The average Bonchev–Trinajstić information content (AvgIpc) is 3.51. The fraction of sp³-hybridized carbons (Fsp3) is 0.148. The molecule has 0 saturated heterocycles. The number of nitrogens with zero attached hydrogens (tertiary/aromatic N) is 3. The zero-order chi connectivity index (χ0) is 28.1. The molecular weight excluding hydrogens is 525 g/mol. The summed E-state index contributed by atoms with van der Waals surface area (Å²) in [6, 6.07) is 9.10. The molecule has 0 aliphatic carbocycles. The Morgan fingerprint density at radius 3 is 2.44 bits per heavy atom. The number of nitrogens with one attached hydrogen (secondary N) is 2. The summed E-state index contributed by atoms with van der Waals surface area (Å²) in [6.07, 6.45) is 1.62. The van der Waals surface area contributed by atoms with E-state index in [9.17, 15) is 17.6 Å². The fourth-order valence-corrected chi connectivity index (χ4v) is 4.81. The topological polar surface area (TPSA) is 132 Å². The van der Waals surface area contributed by atoms with Crippen LogP contribution in [-0.2, 0) is 10.0 Å². The molecule has 0 radical (unpaired) electrons. The Labute approximate surface area is 222 Å². The Morgan fingerprint density at radius 2 is 1.79 bits per heavy atom. The van der Waals surface area contributed by atoms with Gasteiger partial charge in [0.15, 0.2) is 5.75 Å². The first kappa shape index (κ1) is 25.9. The Hall–Kier alpha value is -4.71. The number of hydrogen-bond donors (Lipinski definition) is 2.